The molecule has 0 aliphatic heterocycles. The Balaban J connectivity index is 2.57. The highest BCUT2D eigenvalue weighted by Gasteiger charge is 2.22. The van der Waals surface area contributed by atoms with E-state index in [1.807, 2.05) is 38.1 Å². The van der Waals surface area contributed by atoms with Gasteiger partial charge in [-0.05, 0) is 23.6 Å². The first-order valence-corrected chi connectivity index (χ1v) is 6.61. The Morgan fingerprint density at radius 2 is 1.80 bits per heavy atom. The summed E-state index contributed by atoms with van der Waals surface area (Å²) in [4.78, 5) is 23.2. The number of carbonyl (C=O) groups is 2. The van der Waals surface area contributed by atoms with E-state index in [-0.39, 0.29) is 17.7 Å². The van der Waals surface area contributed by atoms with Crippen LogP contribution in [0.15, 0.2) is 24.3 Å². The maximum atomic E-state index is 12.1. The van der Waals surface area contributed by atoms with Crippen molar-refractivity contribution in [3.63, 3.8) is 0 Å². The van der Waals surface area contributed by atoms with Gasteiger partial charge in [0.25, 0.3) is 0 Å². The van der Waals surface area contributed by atoms with Crippen LogP contribution in [0.2, 0.25) is 0 Å². The quantitative estimate of drug-likeness (QED) is 0.828. The van der Waals surface area contributed by atoms with Gasteiger partial charge < -0.3 is 15.4 Å². The fourth-order valence-corrected chi connectivity index (χ4v) is 1.80. The summed E-state index contributed by atoms with van der Waals surface area (Å²) in [6.07, 6.45) is 0. The summed E-state index contributed by atoms with van der Waals surface area (Å²) in [6.45, 7) is 5.62. The summed E-state index contributed by atoms with van der Waals surface area (Å²) in [6, 6.07) is 6.96. The number of hydrogen-bond acceptors (Lipinski definition) is 3. The van der Waals surface area contributed by atoms with Crippen molar-refractivity contribution in [3.05, 3.63) is 29.8 Å². The first kappa shape index (κ1) is 16.0. The summed E-state index contributed by atoms with van der Waals surface area (Å²) < 4.78 is 5.07. The fraction of sp³-hybridized carbons (Fsp3) is 0.467. The van der Waals surface area contributed by atoms with Crippen molar-refractivity contribution in [3.8, 4) is 5.75 Å². The van der Waals surface area contributed by atoms with Crippen molar-refractivity contribution < 1.29 is 14.3 Å². The maximum absolute atomic E-state index is 12.1. The lowest BCUT2D eigenvalue weighted by atomic mass is 10.0. The Kier molecular flexibility index (Phi) is 6.03. The third-order valence-corrected chi connectivity index (χ3v) is 2.93. The van der Waals surface area contributed by atoms with E-state index < -0.39 is 6.04 Å². The van der Waals surface area contributed by atoms with Crippen LogP contribution >= 0.6 is 0 Å². The van der Waals surface area contributed by atoms with E-state index >= 15 is 0 Å². The molecule has 0 fully saturated rings. The van der Waals surface area contributed by atoms with Crippen LogP contribution < -0.4 is 15.4 Å². The van der Waals surface area contributed by atoms with Crippen molar-refractivity contribution in [2.75, 3.05) is 7.11 Å². The van der Waals surface area contributed by atoms with Crippen molar-refractivity contribution >= 4 is 11.8 Å². The van der Waals surface area contributed by atoms with Crippen LogP contribution in [0.25, 0.3) is 0 Å². The third kappa shape index (κ3) is 4.91. The summed E-state index contributed by atoms with van der Waals surface area (Å²) in [5.74, 6) is 0.433. The number of methoxy groups -OCH3 is 1. The van der Waals surface area contributed by atoms with Crippen molar-refractivity contribution in [2.24, 2.45) is 5.92 Å². The van der Waals surface area contributed by atoms with Crippen LogP contribution in [0, 0.1) is 5.92 Å². The van der Waals surface area contributed by atoms with Gasteiger partial charge in [0.1, 0.15) is 11.8 Å². The average molecular weight is 278 g/mol. The molecule has 110 valence electrons. The molecule has 0 saturated carbocycles. The minimum absolute atomic E-state index is 0.0368. The van der Waals surface area contributed by atoms with Gasteiger partial charge in [-0.2, -0.15) is 0 Å². The lowest BCUT2D eigenvalue weighted by Gasteiger charge is -2.20. The van der Waals surface area contributed by atoms with E-state index in [0.29, 0.717) is 6.54 Å². The molecular formula is C15H22N2O3. The first-order chi connectivity index (χ1) is 9.43. The SMILES string of the molecule is COc1ccc(CNC(=O)C(NC(C)=O)C(C)C)cc1. The minimum atomic E-state index is -0.509. The Morgan fingerprint density at radius 3 is 2.25 bits per heavy atom. The summed E-state index contributed by atoms with van der Waals surface area (Å²) >= 11 is 0. The number of nitrogens with one attached hydrogen (secondary N) is 2. The van der Waals surface area contributed by atoms with Crippen molar-refractivity contribution in [2.45, 2.75) is 33.4 Å². The molecule has 5 heteroatoms. The molecule has 0 saturated heterocycles. The van der Waals surface area contributed by atoms with Crippen LogP contribution in [-0.2, 0) is 16.1 Å². The number of hydrogen-bond donors (Lipinski definition) is 2. The van der Waals surface area contributed by atoms with E-state index in [1.54, 1.807) is 7.11 Å². The number of ether oxygens (including phenoxy) is 1. The molecule has 0 heterocycles. The fourth-order valence-electron chi connectivity index (χ4n) is 1.80. The van der Waals surface area contributed by atoms with Gasteiger partial charge in [-0.25, -0.2) is 0 Å². The Bertz CT molecular complexity index is 455. The van der Waals surface area contributed by atoms with E-state index in [1.165, 1.54) is 6.92 Å². The minimum Gasteiger partial charge on any atom is -0.497 e. The highest BCUT2D eigenvalue weighted by Crippen LogP contribution is 2.11. The average Bonchev–Trinajstić information content (AvgIpc) is 2.42. The smallest absolute Gasteiger partial charge is 0.243 e. The number of benzene rings is 1. The Hall–Kier alpha value is -2.04. The summed E-state index contributed by atoms with van der Waals surface area (Å²) in [7, 11) is 1.61. The van der Waals surface area contributed by atoms with Crippen LogP contribution in [0.5, 0.6) is 5.75 Å². The maximum Gasteiger partial charge on any atom is 0.243 e. The second-order valence-corrected chi connectivity index (χ2v) is 4.99. The molecule has 2 N–H and O–H groups in total. The zero-order valence-corrected chi connectivity index (χ0v) is 12.4. The van der Waals surface area contributed by atoms with Gasteiger partial charge in [0.05, 0.1) is 7.11 Å². The van der Waals surface area contributed by atoms with Gasteiger partial charge in [0.2, 0.25) is 11.8 Å². The van der Waals surface area contributed by atoms with Gasteiger partial charge in [-0.1, -0.05) is 26.0 Å². The lowest BCUT2D eigenvalue weighted by molar-refractivity contribution is -0.129. The summed E-state index contributed by atoms with van der Waals surface area (Å²) in [5.41, 5.74) is 0.976. The highest BCUT2D eigenvalue weighted by molar-refractivity contribution is 5.86. The predicted molar refractivity (Wildman–Crippen MR) is 77.3 cm³/mol. The Labute approximate surface area is 119 Å². The van der Waals surface area contributed by atoms with Gasteiger partial charge in [-0.15, -0.1) is 0 Å². The standard InChI is InChI=1S/C15H22N2O3/c1-10(2)14(17-11(3)18)15(19)16-9-12-5-7-13(20-4)8-6-12/h5-8,10,14H,9H2,1-4H3,(H,16,19)(H,17,18). The molecule has 1 atom stereocenters. The molecule has 1 rings (SSSR count). The molecule has 0 bridgehead atoms. The Morgan fingerprint density at radius 1 is 1.20 bits per heavy atom. The van der Waals surface area contributed by atoms with Gasteiger partial charge >= 0.3 is 0 Å². The lowest BCUT2D eigenvalue weighted by Crippen LogP contribution is -2.48. The van der Waals surface area contributed by atoms with E-state index in [0.717, 1.165) is 11.3 Å². The van der Waals surface area contributed by atoms with Crippen LogP contribution in [-0.4, -0.2) is 25.0 Å². The second kappa shape index (κ2) is 7.53. The normalized spacial score (nSPS) is 11.8. The molecule has 2 amide bonds. The van der Waals surface area contributed by atoms with E-state index in [4.69, 9.17) is 4.74 Å². The molecule has 0 aromatic heterocycles. The summed E-state index contributed by atoms with van der Waals surface area (Å²) in [5, 5.41) is 5.49. The highest BCUT2D eigenvalue weighted by atomic mass is 16.5. The molecular weight excluding hydrogens is 256 g/mol. The predicted octanol–water partition coefficient (Wildman–Crippen LogP) is 1.47. The molecule has 20 heavy (non-hydrogen) atoms. The van der Waals surface area contributed by atoms with E-state index in [2.05, 4.69) is 10.6 Å². The van der Waals surface area contributed by atoms with Crippen molar-refractivity contribution in [1.82, 2.24) is 10.6 Å². The molecule has 0 radical (unpaired) electrons. The number of amides is 2. The number of carbonyl (C=O) groups excluding carboxylic acids is 2. The largest absolute Gasteiger partial charge is 0.497 e. The number of rotatable bonds is 6. The van der Waals surface area contributed by atoms with Gasteiger partial charge in [0, 0.05) is 13.5 Å². The molecule has 0 spiro atoms. The monoisotopic (exact) mass is 278 g/mol. The molecule has 0 aliphatic carbocycles. The molecule has 0 aliphatic rings. The second-order valence-electron chi connectivity index (χ2n) is 4.99. The molecule has 1 unspecified atom stereocenters. The van der Waals surface area contributed by atoms with Crippen LogP contribution in [0.4, 0.5) is 0 Å². The van der Waals surface area contributed by atoms with E-state index in [9.17, 15) is 9.59 Å². The molecule has 1 aromatic rings. The van der Waals surface area contributed by atoms with Gasteiger partial charge in [0.15, 0.2) is 0 Å². The topological polar surface area (TPSA) is 67.4 Å². The third-order valence-electron chi connectivity index (χ3n) is 2.93. The first-order valence-electron chi connectivity index (χ1n) is 6.61. The zero-order valence-electron chi connectivity index (χ0n) is 12.4. The molecule has 5 nitrogen and oxygen atoms in total. The van der Waals surface area contributed by atoms with Gasteiger partial charge in [-0.3, -0.25) is 9.59 Å². The van der Waals surface area contributed by atoms with Crippen LogP contribution in [0.1, 0.15) is 26.3 Å². The van der Waals surface area contributed by atoms with Crippen LogP contribution in [0.3, 0.4) is 0 Å². The molecule has 1 aromatic carbocycles. The van der Waals surface area contributed by atoms with Crippen molar-refractivity contribution in [1.29, 1.82) is 0 Å². The zero-order chi connectivity index (χ0) is 15.1.